The Kier molecular flexibility index (Phi) is 5.59. The van der Waals surface area contributed by atoms with Crippen LogP contribution < -0.4 is 15.4 Å². The van der Waals surface area contributed by atoms with Gasteiger partial charge in [0.2, 0.25) is 5.91 Å². The average Bonchev–Trinajstić information content (AvgIpc) is 2.49. The van der Waals surface area contributed by atoms with Gasteiger partial charge in [-0.15, -0.1) is 0 Å². The number of alkyl halides is 2. The molecule has 126 valence electrons. The molecule has 2 N–H and O–H groups in total. The molecule has 1 aliphatic rings. The zero-order chi connectivity index (χ0) is 17.0. The van der Waals surface area contributed by atoms with Crippen molar-refractivity contribution in [1.29, 1.82) is 0 Å². The number of urea groups is 1. The number of carbonyl (C=O) groups excluding carboxylic acids is 2. The molecule has 0 radical (unpaired) electrons. The second kappa shape index (κ2) is 7.45. The zero-order valence-corrected chi connectivity index (χ0v) is 13.1. The van der Waals surface area contributed by atoms with E-state index in [2.05, 4.69) is 15.4 Å². The van der Waals surface area contributed by atoms with Crippen LogP contribution in [0, 0.1) is 0 Å². The summed E-state index contributed by atoms with van der Waals surface area (Å²) in [6.45, 7) is -0.677. The Morgan fingerprint density at radius 1 is 1.57 bits per heavy atom. The predicted octanol–water partition coefficient (Wildman–Crippen LogP) is 1.97. The number of nitrogens with zero attached hydrogens (tertiary/aromatic N) is 1. The van der Waals surface area contributed by atoms with Gasteiger partial charge in [-0.25, -0.2) is 4.79 Å². The van der Waals surface area contributed by atoms with Crippen molar-refractivity contribution in [3.8, 4) is 5.75 Å². The van der Waals surface area contributed by atoms with E-state index >= 15 is 0 Å². The molecule has 1 aliphatic heterocycles. The lowest BCUT2D eigenvalue weighted by molar-refractivity contribution is -0.126. The molecule has 1 unspecified atom stereocenters. The first-order valence-electron chi connectivity index (χ1n) is 6.94. The van der Waals surface area contributed by atoms with Crippen LogP contribution in [0.4, 0.5) is 13.6 Å². The number of amides is 3. The van der Waals surface area contributed by atoms with E-state index in [-0.39, 0.29) is 18.2 Å². The van der Waals surface area contributed by atoms with E-state index in [0.717, 1.165) is 0 Å². The first kappa shape index (κ1) is 17.3. The maximum Gasteiger partial charge on any atom is 0.387 e. The highest BCUT2D eigenvalue weighted by Gasteiger charge is 2.29. The Morgan fingerprint density at radius 3 is 3.00 bits per heavy atom. The van der Waals surface area contributed by atoms with Gasteiger partial charge in [-0.3, -0.25) is 4.79 Å². The molecule has 1 aromatic carbocycles. The fourth-order valence-corrected chi connectivity index (χ4v) is 2.42. The topological polar surface area (TPSA) is 70.7 Å². The third-order valence-electron chi connectivity index (χ3n) is 3.43. The molecule has 0 aromatic heterocycles. The fraction of sp³-hybridized carbons (Fsp3) is 0.429. The maximum absolute atomic E-state index is 12.4. The highest BCUT2D eigenvalue weighted by Crippen LogP contribution is 2.24. The Labute approximate surface area is 136 Å². The highest BCUT2D eigenvalue weighted by atomic mass is 35.5. The summed E-state index contributed by atoms with van der Waals surface area (Å²) >= 11 is 5.84. The summed E-state index contributed by atoms with van der Waals surface area (Å²) in [5, 5.41) is 5.57. The van der Waals surface area contributed by atoms with Crippen molar-refractivity contribution in [1.82, 2.24) is 15.5 Å². The number of piperazine rings is 1. The van der Waals surface area contributed by atoms with Crippen LogP contribution in [0.1, 0.15) is 12.5 Å². The van der Waals surface area contributed by atoms with Gasteiger partial charge in [0.25, 0.3) is 0 Å². The second-order valence-corrected chi connectivity index (χ2v) is 5.39. The average molecular weight is 348 g/mol. The summed E-state index contributed by atoms with van der Waals surface area (Å²) in [6, 6.07) is 3.11. The molecule has 1 fully saturated rings. The molecule has 1 saturated heterocycles. The molecule has 23 heavy (non-hydrogen) atoms. The molecule has 2 rings (SSSR count). The van der Waals surface area contributed by atoms with Crippen LogP contribution in [0.3, 0.4) is 0 Å². The Bertz CT molecular complexity index is 601. The molecule has 0 spiro atoms. The summed E-state index contributed by atoms with van der Waals surface area (Å²) < 4.78 is 29.2. The first-order valence-corrected chi connectivity index (χ1v) is 7.31. The third kappa shape index (κ3) is 4.44. The lowest BCUT2D eigenvalue weighted by atomic mass is 10.2. The molecule has 6 nitrogen and oxygen atoms in total. The van der Waals surface area contributed by atoms with Crippen molar-refractivity contribution in [2.45, 2.75) is 26.1 Å². The summed E-state index contributed by atoms with van der Waals surface area (Å²) in [7, 11) is 0. The van der Waals surface area contributed by atoms with Gasteiger partial charge in [0, 0.05) is 30.2 Å². The maximum atomic E-state index is 12.4. The molecular weight excluding hydrogens is 332 g/mol. The van der Waals surface area contributed by atoms with Gasteiger partial charge in [0.05, 0.1) is 0 Å². The van der Waals surface area contributed by atoms with Crippen molar-refractivity contribution in [2.75, 3.05) is 13.1 Å². The number of hydrogen-bond donors (Lipinski definition) is 2. The molecular formula is C14H16ClF2N3O3. The molecule has 0 saturated carbocycles. The zero-order valence-electron chi connectivity index (χ0n) is 12.3. The van der Waals surface area contributed by atoms with Crippen molar-refractivity contribution in [3.63, 3.8) is 0 Å². The molecule has 9 heteroatoms. The Hall–Kier alpha value is -2.09. The standard InChI is InChI=1S/C14H16ClF2N3O3/c1-8-12(21)18-4-5-20(8)14(22)19-7-9-6-10(15)2-3-11(9)23-13(16)17/h2-3,6,8,13H,4-5,7H2,1H3,(H,18,21)(H,19,22). The first-order chi connectivity index (χ1) is 10.9. The number of rotatable bonds is 4. The van der Waals surface area contributed by atoms with Crippen LogP contribution in [0.25, 0.3) is 0 Å². The van der Waals surface area contributed by atoms with Crippen LogP contribution in [0.2, 0.25) is 5.02 Å². The van der Waals surface area contributed by atoms with Crippen molar-refractivity contribution >= 4 is 23.5 Å². The lowest BCUT2D eigenvalue weighted by Crippen LogP contribution is -2.58. The number of nitrogens with one attached hydrogen (secondary N) is 2. The van der Waals surface area contributed by atoms with E-state index in [1.165, 1.54) is 23.1 Å². The summed E-state index contributed by atoms with van der Waals surface area (Å²) in [5.74, 6) is -0.301. The number of benzene rings is 1. The predicted molar refractivity (Wildman–Crippen MR) is 79.5 cm³/mol. The monoisotopic (exact) mass is 347 g/mol. The SMILES string of the molecule is CC1C(=O)NCCN1C(=O)NCc1cc(Cl)ccc1OC(F)F. The van der Waals surface area contributed by atoms with Gasteiger partial charge in [0.15, 0.2) is 0 Å². The second-order valence-electron chi connectivity index (χ2n) is 4.95. The van der Waals surface area contributed by atoms with Crippen LogP contribution in [0.5, 0.6) is 5.75 Å². The van der Waals surface area contributed by atoms with Crippen molar-refractivity contribution in [3.05, 3.63) is 28.8 Å². The lowest BCUT2D eigenvalue weighted by Gasteiger charge is -2.32. The van der Waals surface area contributed by atoms with Gasteiger partial charge < -0.3 is 20.3 Å². The number of carbonyl (C=O) groups is 2. The van der Waals surface area contributed by atoms with E-state index in [9.17, 15) is 18.4 Å². The van der Waals surface area contributed by atoms with Gasteiger partial charge in [-0.1, -0.05) is 11.6 Å². The van der Waals surface area contributed by atoms with Crippen LogP contribution in [-0.2, 0) is 11.3 Å². The van der Waals surface area contributed by atoms with Gasteiger partial charge >= 0.3 is 12.6 Å². The highest BCUT2D eigenvalue weighted by molar-refractivity contribution is 6.30. The third-order valence-corrected chi connectivity index (χ3v) is 3.66. The van der Waals surface area contributed by atoms with Crippen LogP contribution in [-0.4, -0.2) is 42.6 Å². The van der Waals surface area contributed by atoms with Gasteiger partial charge in [0.1, 0.15) is 11.8 Å². The molecule has 3 amide bonds. The van der Waals surface area contributed by atoms with E-state index in [1.54, 1.807) is 6.92 Å². The number of hydrogen-bond acceptors (Lipinski definition) is 3. The van der Waals surface area contributed by atoms with E-state index in [0.29, 0.717) is 23.7 Å². The summed E-state index contributed by atoms with van der Waals surface area (Å²) in [4.78, 5) is 25.1. The number of ether oxygens (including phenoxy) is 1. The molecule has 1 atom stereocenters. The van der Waals surface area contributed by atoms with Crippen molar-refractivity contribution in [2.24, 2.45) is 0 Å². The minimum atomic E-state index is -2.98. The van der Waals surface area contributed by atoms with Gasteiger partial charge in [-0.05, 0) is 25.1 Å². The minimum absolute atomic E-state index is 0.0493. The Morgan fingerprint density at radius 2 is 2.30 bits per heavy atom. The molecule has 0 bridgehead atoms. The summed E-state index contributed by atoms with van der Waals surface area (Å²) in [5.41, 5.74) is 0.320. The van der Waals surface area contributed by atoms with Crippen LogP contribution >= 0.6 is 11.6 Å². The quantitative estimate of drug-likeness (QED) is 0.875. The van der Waals surface area contributed by atoms with Crippen molar-refractivity contribution < 1.29 is 23.1 Å². The largest absolute Gasteiger partial charge is 0.434 e. The molecule has 1 aromatic rings. The normalized spacial score (nSPS) is 17.9. The van der Waals surface area contributed by atoms with Gasteiger partial charge in [-0.2, -0.15) is 8.78 Å². The smallest absolute Gasteiger partial charge is 0.387 e. The number of halogens is 3. The molecule has 0 aliphatic carbocycles. The fourth-order valence-electron chi connectivity index (χ4n) is 2.23. The van der Waals surface area contributed by atoms with E-state index < -0.39 is 18.7 Å². The Balaban J connectivity index is 2.03. The molecule has 1 heterocycles. The van der Waals surface area contributed by atoms with E-state index in [1.807, 2.05) is 0 Å². The van der Waals surface area contributed by atoms with Crippen LogP contribution in [0.15, 0.2) is 18.2 Å². The minimum Gasteiger partial charge on any atom is -0.434 e. The van der Waals surface area contributed by atoms with E-state index in [4.69, 9.17) is 11.6 Å². The summed E-state index contributed by atoms with van der Waals surface area (Å²) in [6.07, 6.45) is 0.